The molecule has 0 aromatic carbocycles. The van der Waals surface area contributed by atoms with Crippen molar-refractivity contribution in [1.82, 2.24) is 5.32 Å². The van der Waals surface area contributed by atoms with E-state index < -0.39 is 0 Å². The summed E-state index contributed by atoms with van der Waals surface area (Å²) in [7, 11) is 0. The highest BCUT2D eigenvalue weighted by molar-refractivity contribution is 8.13. The highest BCUT2D eigenvalue weighted by Crippen LogP contribution is 2.34. The normalized spacial score (nSPS) is 19.3. The van der Waals surface area contributed by atoms with Crippen molar-refractivity contribution in [3.63, 3.8) is 0 Å². The molecule has 0 aromatic heterocycles. The lowest BCUT2D eigenvalue weighted by atomic mass is 9.84. The maximum atomic E-state index is 4.68. The van der Waals surface area contributed by atoms with E-state index in [9.17, 15) is 0 Å². The summed E-state index contributed by atoms with van der Waals surface area (Å²) in [6.07, 6.45) is 5.89. The fraction of sp³-hybridized carbons (Fsp3) is 0.917. The lowest BCUT2D eigenvalue weighted by Gasteiger charge is -2.33. The van der Waals surface area contributed by atoms with E-state index in [2.05, 4.69) is 30.4 Å². The van der Waals surface area contributed by atoms with Crippen LogP contribution in [-0.4, -0.2) is 36.0 Å². The predicted molar refractivity (Wildman–Crippen MR) is 78.8 cm³/mol. The molecule has 0 radical (unpaired) electrons. The Hall–Kier alpha value is 0.170. The minimum Gasteiger partial charge on any atom is -0.365 e. The minimum absolute atomic E-state index is 0.467. The molecule has 1 aliphatic rings. The molecular formula is C12H24N2S2. The van der Waals surface area contributed by atoms with Gasteiger partial charge in [-0.25, -0.2) is 0 Å². The van der Waals surface area contributed by atoms with Gasteiger partial charge in [-0.15, -0.1) is 0 Å². The van der Waals surface area contributed by atoms with Crippen molar-refractivity contribution in [3.05, 3.63) is 0 Å². The monoisotopic (exact) mass is 260 g/mol. The number of nitrogens with one attached hydrogen (secondary N) is 1. The van der Waals surface area contributed by atoms with Gasteiger partial charge in [0.2, 0.25) is 0 Å². The van der Waals surface area contributed by atoms with Crippen molar-refractivity contribution in [2.75, 3.05) is 30.9 Å². The summed E-state index contributed by atoms with van der Waals surface area (Å²) in [5.41, 5.74) is 0.467. The van der Waals surface area contributed by atoms with Crippen LogP contribution in [0.2, 0.25) is 0 Å². The number of thioether (sulfide) groups is 2. The van der Waals surface area contributed by atoms with Crippen molar-refractivity contribution >= 4 is 28.7 Å². The fourth-order valence-corrected chi connectivity index (χ4v) is 3.48. The molecule has 1 N–H and O–H groups in total. The zero-order valence-corrected chi connectivity index (χ0v) is 12.3. The molecule has 0 atom stereocenters. The molecule has 0 amide bonds. The smallest absolute Gasteiger partial charge is 0.156 e. The molecule has 0 aliphatic carbocycles. The van der Waals surface area contributed by atoms with Crippen LogP contribution in [0.4, 0.5) is 0 Å². The van der Waals surface area contributed by atoms with E-state index in [1.54, 1.807) is 0 Å². The van der Waals surface area contributed by atoms with E-state index in [-0.39, 0.29) is 0 Å². The van der Waals surface area contributed by atoms with Crippen LogP contribution in [0.15, 0.2) is 4.99 Å². The minimum atomic E-state index is 0.467. The van der Waals surface area contributed by atoms with Crippen molar-refractivity contribution in [3.8, 4) is 0 Å². The van der Waals surface area contributed by atoms with Gasteiger partial charge >= 0.3 is 0 Å². The SMILES string of the molecule is CCC1(CC)CN=C(NCCCSC)SC1. The van der Waals surface area contributed by atoms with Crippen molar-refractivity contribution in [2.24, 2.45) is 10.4 Å². The number of rotatable bonds is 6. The third kappa shape index (κ3) is 4.21. The summed E-state index contributed by atoms with van der Waals surface area (Å²) in [6, 6.07) is 0. The Morgan fingerprint density at radius 1 is 1.44 bits per heavy atom. The molecule has 0 spiro atoms. The molecule has 0 saturated heterocycles. The highest BCUT2D eigenvalue weighted by Gasteiger charge is 2.29. The predicted octanol–water partition coefficient (Wildman–Crippen LogP) is 3.24. The first-order valence-corrected chi connectivity index (χ1v) is 8.54. The van der Waals surface area contributed by atoms with Gasteiger partial charge in [-0.1, -0.05) is 25.6 Å². The van der Waals surface area contributed by atoms with Gasteiger partial charge in [-0.2, -0.15) is 11.8 Å². The van der Waals surface area contributed by atoms with E-state index >= 15 is 0 Å². The van der Waals surface area contributed by atoms with Crippen LogP contribution >= 0.6 is 23.5 Å². The van der Waals surface area contributed by atoms with Gasteiger partial charge in [0, 0.05) is 18.8 Å². The first-order valence-electron chi connectivity index (χ1n) is 6.16. The number of aliphatic imine (C=N–C) groups is 1. The summed E-state index contributed by atoms with van der Waals surface area (Å²) in [6.45, 7) is 6.66. The van der Waals surface area contributed by atoms with Gasteiger partial charge in [0.1, 0.15) is 0 Å². The zero-order chi connectivity index (χ0) is 11.9. The van der Waals surface area contributed by atoms with Crippen LogP contribution in [0.1, 0.15) is 33.1 Å². The Bertz CT molecular complexity index is 225. The quantitative estimate of drug-likeness (QED) is 0.742. The molecule has 0 aromatic rings. The van der Waals surface area contributed by atoms with Gasteiger partial charge in [0.25, 0.3) is 0 Å². The van der Waals surface area contributed by atoms with Crippen LogP contribution in [0.5, 0.6) is 0 Å². The third-order valence-electron chi connectivity index (χ3n) is 3.37. The van der Waals surface area contributed by atoms with Gasteiger partial charge in [-0.05, 0) is 36.7 Å². The summed E-state index contributed by atoms with van der Waals surface area (Å²) >= 11 is 3.82. The van der Waals surface area contributed by atoms with Crippen LogP contribution in [-0.2, 0) is 0 Å². The second-order valence-corrected chi connectivity index (χ2v) is 6.34. The second kappa shape index (κ2) is 7.49. The topological polar surface area (TPSA) is 24.4 Å². The summed E-state index contributed by atoms with van der Waals surface area (Å²) in [5.74, 6) is 2.47. The largest absolute Gasteiger partial charge is 0.365 e. The van der Waals surface area contributed by atoms with E-state index in [1.807, 2.05) is 23.5 Å². The Morgan fingerprint density at radius 2 is 2.19 bits per heavy atom. The number of nitrogens with zero attached hydrogens (tertiary/aromatic N) is 1. The maximum absolute atomic E-state index is 4.68. The molecule has 2 nitrogen and oxygen atoms in total. The van der Waals surface area contributed by atoms with Crippen LogP contribution in [0.25, 0.3) is 0 Å². The standard InChI is InChI=1S/C12H24N2S2/c1-4-12(5-2)9-14-11(16-10-12)13-7-6-8-15-3/h4-10H2,1-3H3,(H,13,14). The molecule has 0 unspecified atom stereocenters. The molecule has 94 valence electrons. The highest BCUT2D eigenvalue weighted by atomic mass is 32.2. The first-order chi connectivity index (χ1) is 7.76. The Balaban J connectivity index is 2.29. The molecule has 4 heteroatoms. The molecule has 16 heavy (non-hydrogen) atoms. The van der Waals surface area contributed by atoms with Gasteiger partial charge in [0.05, 0.1) is 0 Å². The van der Waals surface area contributed by atoms with E-state index in [0.717, 1.165) is 13.1 Å². The Kier molecular flexibility index (Phi) is 6.66. The molecule has 1 aliphatic heterocycles. The molecule has 1 heterocycles. The maximum Gasteiger partial charge on any atom is 0.156 e. The molecule has 0 bridgehead atoms. The lowest BCUT2D eigenvalue weighted by molar-refractivity contribution is 0.318. The molecule has 0 saturated carbocycles. The van der Waals surface area contributed by atoms with Gasteiger partial charge in [-0.3, -0.25) is 4.99 Å². The third-order valence-corrected chi connectivity index (χ3v) is 5.38. The zero-order valence-electron chi connectivity index (χ0n) is 10.7. The van der Waals surface area contributed by atoms with Crippen molar-refractivity contribution in [2.45, 2.75) is 33.1 Å². The van der Waals surface area contributed by atoms with E-state index in [4.69, 9.17) is 0 Å². The molecule has 1 rings (SSSR count). The van der Waals surface area contributed by atoms with Gasteiger partial charge in [0.15, 0.2) is 5.17 Å². The van der Waals surface area contributed by atoms with Crippen LogP contribution < -0.4 is 5.32 Å². The number of amidine groups is 1. The molecule has 0 fully saturated rings. The summed E-state index contributed by atoms with van der Waals surface area (Å²) in [5, 5.41) is 4.61. The van der Waals surface area contributed by atoms with Crippen molar-refractivity contribution in [1.29, 1.82) is 0 Å². The van der Waals surface area contributed by atoms with Crippen LogP contribution in [0, 0.1) is 5.41 Å². The lowest BCUT2D eigenvalue weighted by Crippen LogP contribution is -2.35. The average Bonchev–Trinajstić information content (AvgIpc) is 2.36. The molecular weight excluding hydrogens is 236 g/mol. The fourth-order valence-electron chi connectivity index (χ4n) is 1.75. The Labute approximate surface area is 108 Å². The summed E-state index contributed by atoms with van der Waals surface area (Å²) in [4.78, 5) is 4.68. The number of hydrogen-bond donors (Lipinski definition) is 1. The van der Waals surface area contributed by atoms with Gasteiger partial charge < -0.3 is 5.32 Å². The van der Waals surface area contributed by atoms with E-state index in [0.29, 0.717) is 5.41 Å². The average molecular weight is 260 g/mol. The van der Waals surface area contributed by atoms with E-state index in [1.165, 1.54) is 35.9 Å². The van der Waals surface area contributed by atoms with Crippen molar-refractivity contribution < 1.29 is 0 Å². The Morgan fingerprint density at radius 3 is 2.69 bits per heavy atom. The summed E-state index contributed by atoms with van der Waals surface area (Å²) < 4.78 is 0. The number of hydrogen-bond acceptors (Lipinski definition) is 4. The second-order valence-electron chi connectivity index (χ2n) is 4.39. The van der Waals surface area contributed by atoms with Crippen LogP contribution in [0.3, 0.4) is 0 Å². The first kappa shape index (κ1) is 14.2.